The van der Waals surface area contributed by atoms with Gasteiger partial charge in [0.05, 0.1) is 5.41 Å². The van der Waals surface area contributed by atoms with Crippen LogP contribution in [0.15, 0.2) is 54.6 Å². The molecule has 0 spiro atoms. The Kier molecular flexibility index (Phi) is 5.95. The Hall–Kier alpha value is -2.92. The van der Waals surface area contributed by atoms with Gasteiger partial charge in [-0.1, -0.05) is 42.8 Å². The SMILES string of the molecule is CCC1(c2ccc(NC(=O)C=Cc3cccc(Cl)c3)cc2)CCC(=O)NC1=O. The topological polar surface area (TPSA) is 75.3 Å². The molecule has 1 heterocycles. The first-order valence-electron chi connectivity index (χ1n) is 9.12. The van der Waals surface area contributed by atoms with E-state index in [9.17, 15) is 14.4 Å². The van der Waals surface area contributed by atoms with Crippen molar-refractivity contribution < 1.29 is 14.4 Å². The minimum Gasteiger partial charge on any atom is -0.323 e. The Morgan fingerprint density at radius 1 is 1.21 bits per heavy atom. The van der Waals surface area contributed by atoms with Gasteiger partial charge in [-0.3, -0.25) is 19.7 Å². The lowest BCUT2D eigenvalue weighted by molar-refractivity contribution is -0.138. The van der Waals surface area contributed by atoms with Crippen LogP contribution in [-0.4, -0.2) is 17.7 Å². The number of imide groups is 1. The van der Waals surface area contributed by atoms with Crippen LogP contribution in [0.25, 0.3) is 6.08 Å². The highest BCUT2D eigenvalue weighted by atomic mass is 35.5. The van der Waals surface area contributed by atoms with Gasteiger partial charge in [-0.15, -0.1) is 0 Å². The number of carbonyl (C=O) groups is 3. The number of rotatable bonds is 5. The molecule has 0 aromatic heterocycles. The minimum atomic E-state index is -0.705. The van der Waals surface area contributed by atoms with E-state index in [0.717, 1.165) is 11.1 Å². The zero-order valence-electron chi connectivity index (χ0n) is 15.5. The third kappa shape index (κ3) is 4.31. The molecule has 6 heteroatoms. The number of hydrogen-bond donors (Lipinski definition) is 2. The average Bonchev–Trinajstić information content (AvgIpc) is 2.68. The molecule has 0 radical (unpaired) electrons. The maximum atomic E-state index is 12.4. The lowest BCUT2D eigenvalue weighted by atomic mass is 9.72. The molecular formula is C22H21ClN2O3. The monoisotopic (exact) mass is 396 g/mol. The third-order valence-electron chi connectivity index (χ3n) is 5.05. The lowest BCUT2D eigenvalue weighted by Crippen LogP contribution is -2.51. The molecule has 0 aliphatic carbocycles. The van der Waals surface area contributed by atoms with Crippen molar-refractivity contribution in [3.05, 3.63) is 70.8 Å². The minimum absolute atomic E-state index is 0.232. The van der Waals surface area contributed by atoms with Crippen LogP contribution in [0.1, 0.15) is 37.3 Å². The normalized spacial score (nSPS) is 19.5. The summed E-state index contributed by atoms with van der Waals surface area (Å²) in [5.41, 5.74) is 1.60. The molecule has 1 fully saturated rings. The summed E-state index contributed by atoms with van der Waals surface area (Å²) in [7, 11) is 0. The van der Waals surface area contributed by atoms with Crippen molar-refractivity contribution >= 4 is 41.1 Å². The summed E-state index contributed by atoms with van der Waals surface area (Å²) in [6.07, 6.45) is 4.53. The van der Waals surface area contributed by atoms with E-state index in [1.807, 2.05) is 31.2 Å². The van der Waals surface area contributed by atoms with Gasteiger partial charge in [0.25, 0.3) is 0 Å². The van der Waals surface area contributed by atoms with Gasteiger partial charge in [0, 0.05) is 23.2 Å². The fourth-order valence-electron chi connectivity index (χ4n) is 3.40. The highest BCUT2D eigenvalue weighted by Gasteiger charge is 2.42. The molecule has 2 N–H and O–H groups in total. The largest absolute Gasteiger partial charge is 0.323 e. The van der Waals surface area contributed by atoms with E-state index in [2.05, 4.69) is 10.6 Å². The molecular weight excluding hydrogens is 376 g/mol. The Morgan fingerprint density at radius 2 is 1.96 bits per heavy atom. The number of anilines is 1. The van der Waals surface area contributed by atoms with Crippen LogP contribution in [0.4, 0.5) is 5.69 Å². The van der Waals surface area contributed by atoms with Crippen LogP contribution in [0.3, 0.4) is 0 Å². The summed E-state index contributed by atoms with van der Waals surface area (Å²) in [4.78, 5) is 36.1. The molecule has 144 valence electrons. The van der Waals surface area contributed by atoms with Crippen molar-refractivity contribution in [2.45, 2.75) is 31.6 Å². The van der Waals surface area contributed by atoms with E-state index in [1.54, 1.807) is 30.3 Å². The van der Waals surface area contributed by atoms with Crippen molar-refractivity contribution in [2.24, 2.45) is 0 Å². The lowest BCUT2D eigenvalue weighted by Gasteiger charge is -2.35. The molecule has 1 saturated heterocycles. The molecule has 3 rings (SSSR count). The second kappa shape index (κ2) is 8.40. The summed E-state index contributed by atoms with van der Waals surface area (Å²) in [5, 5.41) is 5.84. The van der Waals surface area contributed by atoms with Gasteiger partial charge in [0.2, 0.25) is 17.7 Å². The number of hydrogen-bond acceptors (Lipinski definition) is 3. The molecule has 1 atom stereocenters. The molecule has 0 saturated carbocycles. The van der Waals surface area contributed by atoms with Crippen molar-refractivity contribution in [3.63, 3.8) is 0 Å². The van der Waals surface area contributed by atoms with Crippen molar-refractivity contribution in [1.82, 2.24) is 5.32 Å². The predicted molar refractivity (Wildman–Crippen MR) is 110 cm³/mol. The highest BCUT2D eigenvalue weighted by Crippen LogP contribution is 2.36. The quantitative estimate of drug-likeness (QED) is 0.590. The average molecular weight is 397 g/mol. The first-order chi connectivity index (χ1) is 13.4. The number of nitrogens with one attached hydrogen (secondary N) is 2. The zero-order chi connectivity index (χ0) is 20.1. The van der Waals surface area contributed by atoms with E-state index in [4.69, 9.17) is 11.6 Å². The smallest absolute Gasteiger partial charge is 0.248 e. The molecule has 2 aromatic rings. The summed E-state index contributed by atoms with van der Waals surface area (Å²) in [5.74, 6) is -0.754. The number of piperidine rings is 1. The molecule has 5 nitrogen and oxygen atoms in total. The van der Waals surface area contributed by atoms with E-state index >= 15 is 0 Å². The van der Waals surface area contributed by atoms with Gasteiger partial charge in [-0.05, 0) is 54.3 Å². The van der Waals surface area contributed by atoms with Crippen LogP contribution in [0.5, 0.6) is 0 Å². The van der Waals surface area contributed by atoms with Crippen LogP contribution >= 0.6 is 11.6 Å². The molecule has 1 unspecified atom stereocenters. The van der Waals surface area contributed by atoms with Crippen molar-refractivity contribution in [3.8, 4) is 0 Å². The van der Waals surface area contributed by atoms with E-state index in [0.29, 0.717) is 30.0 Å². The second-order valence-corrected chi connectivity index (χ2v) is 7.20. The molecule has 1 aliphatic rings. The predicted octanol–water partition coefficient (Wildman–Crippen LogP) is 4.08. The number of benzene rings is 2. The van der Waals surface area contributed by atoms with Crippen LogP contribution in [0, 0.1) is 0 Å². The van der Waals surface area contributed by atoms with E-state index in [-0.39, 0.29) is 17.7 Å². The molecule has 2 aromatic carbocycles. The van der Waals surface area contributed by atoms with E-state index in [1.165, 1.54) is 6.08 Å². The highest BCUT2D eigenvalue weighted by molar-refractivity contribution is 6.30. The fourth-order valence-corrected chi connectivity index (χ4v) is 3.60. The van der Waals surface area contributed by atoms with Gasteiger partial charge in [0.15, 0.2) is 0 Å². The number of carbonyl (C=O) groups excluding carboxylic acids is 3. The van der Waals surface area contributed by atoms with Crippen LogP contribution < -0.4 is 10.6 Å². The first-order valence-corrected chi connectivity index (χ1v) is 9.50. The Balaban J connectivity index is 1.69. The second-order valence-electron chi connectivity index (χ2n) is 6.77. The van der Waals surface area contributed by atoms with Crippen LogP contribution in [0.2, 0.25) is 5.02 Å². The Bertz CT molecular complexity index is 937. The molecule has 1 aliphatic heterocycles. The Labute approximate surface area is 168 Å². The number of halogens is 1. The van der Waals surface area contributed by atoms with Crippen molar-refractivity contribution in [2.75, 3.05) is 5.32 Å². The maximum absolute atomic E-state index is 12.4. The van der Waals surface area contributed by atoms with Crippen LogP contribution in [-0.2, 0) is 19.8 Å². The van der Waals surface area contributed by atoms with Gasteiger partial charge >= 0.3 is 0 Å². The third-order valence-corrected chi connectivity index (χ3v) is 5.29. The maximum Gasteiger partial charge on any atom is 0.248 e. The van der Waals surface area contributed by atoms with Gasteiger partial charge in [0.1, 0.15) is 0 Å². The fraction of sp³-hybridized carbons (Fsp3) is 0.227. The van der Waals surface area contributed by atoms with Gasteiger partial charge in [-0.2, -0.15) is 0 Å². The summed E-state index contributed by atoms with van der Waals surface area (Å²) in [6.45, 7) is 1.94. The van der Waals surface area contributed by atoms with Gasteiger partial charge < -0.3 is 5.32 Å². The summed E-state index contributed by atoms with van der Waals surface area (Å²) >= 11 is 5.93. The summed E-state index contributed by atoms with van der Waals surface area (Å²) < 4.78 is 0. The molecule has 3 amide bonds. The van der Waals surface area contributed by atoms with Gasteiger partial charge in [-0.25, -0.2) is 0 Å². The molecule has 28 heavy (non-hydrogen) atoms. The van der Waals surface area contributed by atoms with E-state index < -0.39 is 5.41 Å². The van der Waals surface area contributed by atoms with Crippen molar-refractivity contribution in [1.29, 1.82) is 0 Å². The standard InChI is InChI=1S/C22H21ClN2O3/c1-2-22(13-12-20(27)25-21(22)28)16-7-9-18(10-8-16)24-19(26)11-6-15-4-3-5-17(23)14-15/h3-11,14H,2,12-13H2,1H3,(H,24,26)(H,25,27,28). The zero-order valence-corrected chi connectivity index (χ0v) is 16.3. The molecule has 0 bridgehead atoms. The first kappa shape index (κ1) is 19.8. The number of amides is 3. The summed E-state index contributed by atoms with van der Waals surface area (Å²) in [6, 6.07) is 14.4. The Morgan fingerprint density at radius 3 is 2.61 bits per heavy atom.